The molecule has 170 valence electrons. The first-order chi connectivity index (χ1) is 15.9. The van der Waals surface area contributed by atoms with Gasteiger partial charge in [-0.05, 0) is 50.6 Å². The van der Waals surface area contributed by atoms with E-state index >= 15 is 0 Å². The molecule has 0 bridgehead atoms. The van der Waals surface area contributed by atoms with Crippen LogP contribution < -0.4 is 10.6 Å². The highest BCUT2D eigenvalue weighted by Gasteiger charge is 2.24. The Labute approximate surface area is 198 Å². The molecule has 0 atom stereocenters. The lowest BCUT2D eigenvalue weighted by Crippen LogP contribution is -2.49. The molecule has 0 unspecified atom stereocenters. The van der Waals surface area contributed by atoms with Gasteiger partial charge in [-0.15, -0.1) is 5.10 Å². The Bertz CT molecular complexity index is 1310. The summed E-state index contributed by atoms with van der Waals surface area (Å²) in [5.41, 5.74) is 10.9. The average molecular weight is 462 g/mol. The molecule has 0 radical (unpaired) electrons. The van der Waals surface area contributed by atoms with Crippen LogP contribution in [0.3, 0.4) is 0 Å². The molecule has 4 aromatic rings. The Morgan fingerprint density at radius 2 is 1.73 bits per heavy atom. The van der Waals surface area contributed by atoms with E-state index in [1.807, 2.05) is 36.4 Å². The van der Waals surface area contributed by atoms with Gasteiger partial charge in [0, 0.05) is 42.8 Å². The van der Waals surface area contributed by atoms with Gasteiger partial charge in [0.25, 0.3) is 0 Å². The van der Waals surface area contributed by atoms with Crippen molar-refractivity contribution >= 4 is 34.4 Å². The van der Waals surface area contributed by atoms with E-state index in [9.17, 15) is 0 Å². The van der Waals surface area contributed by atoms with Gasteiger partial charge < -0.3 is 10.6 Å². The number of anilines is 2. The third-order valence-corrected chi connectivity index (χ3v) is 6.46. The minimum atomic E-state index is 0.516. The average Bonchev–Trinajstić information content (AvgIpc) is 3.15. The van der Waals surface area contributed by atoms with Gasteiger partial charge in [-0.1, -0.05) is 35.9 Å². The number of rotatable bonds is 4. The Kier molecular flexibility index (Phi) is 5.68. The van der Waals surface area contributed by atoms with E-state index in [2.05, 4.69) is 42.7 Å². The molecule has 2 aromatic heterocycles. The van der Waals surface area contributed by atoms with Crippen LogP contribution in [-0.2, 0) is 0 Å². The largest absolute Gasteiger partial charge is 0.383 e. The van der Waals surface area contributed by atoms with E-state index in [4.69, 9.17) is 32.4 Å². The highest BCUT2D eigenvalue weighted by molar-refractivity contribution is 6.30. The Morgan fingerprint density at radius 3 is 2.42 bits per heavy atom. The zero-order valence-electron chi connectivity index (χ0n) is 19.2. The predicted molar refractivity (Wildman–Crippen MR) is 135 cm³/mol. The number of aromatic nitrogens is 4. The van der Waals surface area contributed by atoms with Gasteiger partial charge in [-0.3, -0.25) is 4.90 Å². The number of halogens is 1. The molecule has 0 saturated carbocycles. The number of hydrogen-bond acceptors (Lipinski definition) is 6. The summed E-state index contributed by atoms with van der Waals surface area (Å²) in [4.78, 5) is 14.6. The van der Waals surface area contributed by atoms with E-state index in [-0.39, 0.29) is 0 Å². The Morgan fingerprint density at radius 1 is 0.970 bits per heavy atom. The smallest absolute Gasteiger partial charge is 0.228 e. The molecule has 1 aliphatic heterocycles. The predicted octanol–water partition coefficient (Wildman–Crippen LogP) is 4.56. The van der Waals surface area contributed by atoms with Crippen LogP contribution in [0.4, 0.5) is 11.8 Å². The van der Waals surface area contributed by atoms with Crippen LogP contribution in [0.15, 0.2) is 48.5 Å². The minimum absolute atomic E-state index is 0.516. The molecule has 3 heterocycles. The summed E-state index contributed by atoms with van der Waals surface area (Å²) in [6, 6.07) is 16.3. The number of piperazine rings is 1. The monoisotopic (exact) mass is 461 g/mol. The Balaban J connectivity index is 1.66. The first kappa shape index (κ1) is 21.7. The van der Waals surface area contributed by atoms with Crippen molar-refractivity contribution < 1.29 is 0 Å². The van der Waals surface area contributed by atoms with E-state index in [1.54, 1.807) is 4.68 Å². The number of fused-ring (bicyclic) bond motifs is 1. The highest BCUT2D eigenvalue weighted by atomic mass is 35.5. The molecule has 2 aromatic carbocycles. The van der Waals surface area contributed by atoms with Gasteiger partial charge >= 0.3 is 0 Å². The summed E-state index contributed by atoms with van der Waals surface area (Å²) in [6.45, 7) is 10.2. The van der Waals surface area contributed by atoms with Crippen molar-refractivity contribution in [3.63, 3.8) is 0 Å². The number of nitrogens with zero attached hydrogens (tertiary/aromatic N) is 6. The van der Waals surface area contributed by atoms with Gasteiger partial charge in [0.2, 0.25) is 5.95 Å². The van der Waals surface area contributed by atoms with Crippen molar-refractivity contribution in [2.24, 2.45) is 0 Å². The van der Waals surface area contributed by atoms with Crippen molar-refractivity contribution in [1.29, 1.82) is 0 Å². The lowest BCUT2D eigenvalue weighted by molar-refractivity contribution is 0.208. The first-order valence-corrected chi connectivity index (χ1v) is 11.7. The second-order valence-electron chi connectivity index (χ2n) is 8.83. The molecule has 0 aliphatic carbocycles. The van der Waals surface area contributed by atoms with Crippen LogP contribution in [0, 0.1) is 6.92 Å². The number of benzene rings is 2. The van der Waals surface area contributed by atoms with Crippen molar-refractivity contribution in [1.82, 2.24) is 24.6 Å². The SMILES string of the molecule is Cc1cccc(-n2nc3nc(N4CCN(C(C)C)CC4)nc(-c4cccc(Cl)c4)c3c2N)c1. The van der Waals surface area contributed by atoms with Gasteiger partial charge in [-0.25, -0.2) is 9.67 Å². The summed E-state index contributed by atoms with van der Waals surface area (Å²) < 4.78 is 1.75. The van der Waals surface area contributed by atoms with Crippen LogP contribution in [0.25, 0.3) is 28.0 Å². The standard InChI is InChI=1S/C25H28ClN7/c1-16(2)31-10-12-32(13-11-31)25-28-22(18-7-5-8-19(26)15-18)21-23(27)33(30-24(21)29-25)20-9-4-6-17(3)14-20/h4-9,14-16H,10-13,27H2,1-3H3. The van der Waals surface area contributed by atoms with Crippen LogP contribution >= 0.6 is 11.6 Å². The fourth-order valence-electron chi connectivity index (χ4n) is 4.38. The van der Waals surface area contributed by atoms with Crippen LogP contribution in [0.1, 0.15) is 19.4 Å². The number of nitrogens with two attached hydrogens (primary N) is 1. The van der Waals surface area contributed by atoms with Crippen molar-refractivity contribution in [3.8, 4) is 16.9 Å². The maximum Gasteiger partial charge on any atom is 0.228 e. The molecule has 0 spiro atoms. The molecule has 5 rings (SSSR count). The third kappa shape index (κ3) is 4.14. The van der Waals surface area contributed by atoms with Crippen LogP contribution in [0.5, 0.6) is 0 Å². The van der Waals surface area contributed by atoms with Crippen LogP contribution in [0.2, 0.25) is 5.02 Å². The van der Waals surface area contributed by atoms with Crippen LogP contribution in [-0.4, -0.2) is 56.9 Å². The molecule has 8 heteroatoms. The summed E-state index contributed by atoms with van der Waals surface area (Å²) in [6.07, 6.45) is 0. The van der Waals surface area contributed by atoms with Crippen molar-refractivity contribution in [2.75, 3.05) is 36.8 Å². The molecule has 1 saturated heterocycles. The number of nitrogen functional groups attached to an aromatic ring is 1. The maximum atomic E-state index is 6.64. The lowest BCUT2D eigenvalue weighted by Gasteiger charge is -2.36. The zero-order valence-corrected chi connectivity index (χ0v) is 19.9. The van der Waals surface area contributed by atoms with E-state index in [0.29, 0.717) is 28.5 Å². The zero-order chi connectivity index (χ0) is 23.1. The fraction of sp³-hybridized carbons (Fsp3) is 0.320. The van der Waals surface area contributed by atoms with Crippen molar-refractivity contribution in [2.45, 2.75) is 26.8 Å². The molecule has 7 nitrogen and oxygen atoms in total. The fourth-order valence-corrected chi connectivity index (χ4v) is 4.57. The second kappa shape index (κ2) is 8.65. The van der Waals surface area contributed by atoms with Gasteiger partial charge in [0.15, 0.2) is 5.65 Å². The van der Waals surface area contributed by atoms with Gasteiger partial charge in [0.1, 0.15) is 5.82 Å². The maximum absolute atomic E-state index is 6.64. The quantitative estimate of drug-likeness (QED) is 0.480. The highest BCUT2D eigenvalue weighted by Crippen LogP contribution is 2.34. The van der Waals surface area contributed by atoms with E-state index in [0.717, 1.165) is 54.1 Å². The number of aryl methyl sites for hydroxylation is 1. The third-order valence-electron chi connectivity index (χ3n) is 6.23. The molecule has 1 fully saturated rings. The lowest BCUT2D eigenvalue weighted by atomic mass is 10.1. The van der Waals surface area contributed by atoms with E-state index in [1.165, 1.54) is 0 Å². The molecule has 33 heavy (non-hydrogen) atoms. The molecule has 0 amide bonds. The first-order valence-electron chi connectivity index (χ1n) is 11.3. The molecular formula is C25H28ClN7. The summed E-state index contributed by atoms with van der Waals surface area (Å²) in [5.74, 6) is 1.19. The number of hydrogen-bond donors (Lipinski definition) is 1. The normalized spacial score (nSPS) is 15.0. The van der Waals surface area contributed by atoms with Crippen molar-refractivity contribution in [3.05, 3.63) is 59.1 Å². The summed E-state index contributed by atoms with van der Waals surface area (Å²) >= 11 is 6.33. The summed E-state index contributed by atoms with van der Waals surface area (Å²) in [7, 11) is 0. The van der Waals surface area contributed by atoms with Gasteiger partial charge in [-0.2, -0.15) is 4.98 Å². The topological polar surface area (TPSA) is 76.1 Å². The molecule has 1 aliphatic rings. The Hall–Kier alpha value is -3.16. The van der Waals surface area contributed by atoms with Gasteiger partial charge in [0.05, 0.1) is 16.8 Å². The minimum Gasteiger partial charge on any atom is -0.383 e. The molecule has 2 N–H and O–H groups in total. The second-order valence-corrected chi connectivity index (χ2v) is 9.27. The molecular weight excluding hydrogens is 434 g/mol. The summed E-state index contributed by atoms with van der Waals surface area (Å²) in [5, 5.41) is 6.19. The van der Waals surface area contributed by atoms with E-state index < -0.39 is 0 Å².